The second kappa shape index (κ2) is 7.52. The van der Waals surface area contributed by atoms with Crippen molar-refractivity contribution in [2.45, 2.75) is 45.4 Å². The van der Waals surface area contributed by atoms with Gasteiger partial charge in [0.05, 0.1) is 0 Å². The second-order valence-corrected chi connectivity index (χ2v) is 7.84. The summed E-state index contributed by atoms with van der Waals surface area (Å²) in [6.07, 6.45) is 6.99. The van der Waals surface area contributed by atoms with E-state index in [1.54, 1.807) is 6.20 Å². The van der Waals surface area contributed by atoms with Crippen LogP contribution in [0.4, 0.5) is 5.82 Å². The molecule has 136 valence electrons. The summed E-state index contributed by atoms with van der Waals surface area (Å²) in [5.41, 5.74) is 1.25. The Morgan fingerprint density at radius 2 is 2.04 bits per heavy atom. The Balaban J connectivity index is 1.71. The molecule has 0 aliphatic heterocycles. The molecule has 6 nitrogen and oxygen atoms in total. The lowest BCUT2D eigenvalue weighted by atomic mass is 9.85. The third-order valence-corrected chi connectivity index (χ3v) is 4.93. The summed E-state index contributed by atoms with van der Waals surface area (Å²) in [5.74, 6) is 2.41. The second-order valence-electron chi connectivity index (χ2n) is 7.84. The van der Waals surface area contributed by atoms with E-state index < -0.39 is 0 Å². The highest BCUT2D eigenvalue weighted by Gasteiger charge is 2.34. The lowest BCUT2D eigenvalue weighted by Crippen LogP contribution is -2.37. The number of aromatic nitrogens is 3. The molecule has 0 amide bonds. The van der Waals surface area contributed by atoms with Crippen LogP contribution in [0.3, 0.4) is 0 Å². The number of nitrogens with zero attached hydrogens (tertiary/aromatic N) is 4. The van der Waals surface area contributed by atoms with Crippen LogP contribution in [-0.4, -0.2) is 47.2 Å². The Labute approximate surface area is 150 Å². The van der Waals surface area contributed by atoms with Crippen LogP contribution in [0.1, 0.15) is 51.3 Å². The Bertz CT molecular complexity index is 689. The van der Waals surface area contributed by atoms with Gasteiger partial charge in [-0.15, -0.1) is 0 Å². The quantitative estimate of drug-likeness (QED) is 0.825. The van der Waals surface area contributed by atoms with Crippen LogP contribution in [0.25, 0.3) is 11.5 Å². The van der Waals surface area contributed by atoms with Crippen molar-refractivity contribution in [1.82, 2.24) is 20.0 Å². The number of nitrogens with one attached hydrogen (secondary N) is 1. The molecular formula is C19H29N5O. The Morgan fingerprint density at radius 1 is 1.28 bits per heavy atom. The Morgan fingerprint density at radius 3 is 2.68 bits per heavy atom. The minimum Gasteiger partial charge on any atom is -0.369 e. The van der Waals surface area contributed by atoms with E-state index >= 15 is 0 Å². The molecule has 1 fully saturated rings. The van der Waals surface area contributed by atoms with Crippen LogP contribution in [0.5, 0.6) is 0 Å². The third kappa shape index (κ3) is 4.37. The van der Waals surface area contributed by atoms with E-state index in [1.807, 2.05) is 12.1 Å². The fraction of sp³-hybridized carbons (Fsp3) is 0.632. The summed E-state index contributed by atoms with van der Waals surface area (Å²) in [6.45, 7) is 6.17. The Hall–Kier alpha value is -1.95. The number of rotatable bonds is 7. The largest absolute Gasteiger partial charge is 0.369 e. The highest BCUT2D eigenvalue weighted by molar-refractivity contribution is 5.57. The van der Waals surface area contributed by atoms with Crippen molar-refractivity contribution in [2.24, 2.45) is 5.41 Å². The van der Waals surface area contributed by atoms with Crippen molar-refractivity contribution in [3.05, 3.63) is 24.2 Å². The normalized spacial score (nSPS) is 16.7. The predicted molar refractivity (Wildman–Crippen MR) is 99.6 cm³/mol. The van der Waals surface area contributed by atoms with Crippen molar-refractivity contribution >= 4 is 5.82 Å². The van der Waals surface area contributed by atoms with Gasteiger partial charge in [-0.05, 0) is 39.1 Å². The SMILES string of the molecule is CC(C)c1noc(-c2ccnc(NCC3(CN(C)C)CCCC3)c2)n1. The van der Waals surface area contributed by atoms with Gasteiger partial charge < -0.3 is 14.7 Å². The minimum absolute atomic E-state index is 0.255. The van der Waals surface area contributed by atoms with Gasteiger partial charge in [0.15, 0.2) is 5.82 Å². The molecule has 1 N–H and O–H groups in total. The van der Waals surface area contributed by atoms with Gasteiger partial charge in [0, 0.05) is 36.2 Å². The van der Waals surface area contributed by atoms with E-state index in [1.165, 1.54) is 25.7 Å². The number of anilines is 1. The molecule has 2 heterocycles. The highest BCUT2D eigenvalue weighted by Crippen LogP contribution is 2.38. The zero-order valence-corrected chi connectivity index (χ0v) is 15.7. The molecule has 0 bridgehead atoms. The molecule has 3 rings (SSSR count). The van der Waals surface area contributed by atoms with Crippen LogP contribution in [0.15, 0.2) is 22.9 Å². The Kier molecular flexibility index (Phi) is 5.37. The molecule has 0 saturated heterocycles. The molecular weight excluding hydrogens is 314 g/mol. The molecule has 0 spiro atoms. The summed E-state index contributed by atoms with van der Waals surface area (Å²) >= 11 is 0. The lowest BCUT2D eigenvalue weighted by molar-refractivity contribution is 0.215. The molecule has 1 aliphatic rings. The van der Waals surface area contributed by atoms with Gasteiger partial charge in [-0.2, -0.15) is 4.98 Å². The van der Waals surface area contributed by atoms with Crippen LogP contribution in [0.2, 0.25) is 0 Å². The van der Waals surface area contributed by atoms with E-state index in [9.17, 15) is 0 Å². The van der Waals surface area contributed by atoms with Gasteiger partial charge in [0.25, 0.3) is 5.89 Å². The molecule has 0 atom stereocenters. The van der Waals surface area contributed by atoms with Crippen LogP contribution < -0.4 is 5.32 Å². The van der Waals surface area contributed by atoms with E-state index in [-0.39, 0.29) is 5.92 Å². The van der Waals surface area contributed by atoms with Gasteiger partial charge in [0.2, 0.25) is 0 Å². The maximum atomic E-state index is 5.39. The monoisotopic (exact) mass is 343 g/mol. The van der Waals surface area contributed by atoms with Crippen molar-refractivity contribution in [3.63, 3.8) is 0 Å². The highest BCUT2D eigenvalue weighted by atomic mass is 16.5. The molecule has 1 saturated carbocycles. The van der Waals surface area contributed by atoms with E-state index in [4.69, 9.17) is 4.52 Å². The van der Waals surface area contributed by atoms with Crippen LogP contribution in [-0.2, 0) is 0 Å². The average Bonchev–Trinajstić information content (AvgIpc) is 3.23. The van der Waals surface area contributed by atoms with Gasteiger partial charge in [-0.3, -0.25) is 0 Å². The smallest absolute Gasteiger partial charge is 0.258 e. The molecule has 1 aliphatic carbocycles. The average molecular weight is 343 g/mol. The summed E-state index contributed by atoms with van der Waals surface area (Å²) in [6, 6.07) is 3.91. The van der Waals surface area contributed by atoms with Crippen molar-refractivity contribution in [1.29, 1.82) is 0 Å². The molecule has 2 aromatic heterocycles. The predicted octanol–water partition coefficient (Wildman–Crippen LogP) is 3.79. The number of pyridine rings is 1. The fourth-order valence-electron chi connectivity index (χ4n) is 3.71. The van der Waals surface area contributed by atoms with Gasteiger partial charge in [-0.25, -0.2) is 4.98 Å². The third-order valence-electron chi connectivity index (χ3n) is 4.93. The first-order valence-corrected chi connectivity index (χ1v) is 9.16. The van der Waals surface area contributed by atoms with Crippen LogP contribution >= 0.6 is 0 Å². The summed E-state index contributed by atoms with van der Waals surface area (Å²) in [7, 11) is 4.31. The first-order chi connectivity index (χ1) is 12.0. The fourth-order valence-corrected chi connectivity index (χ4v) is 3.71. The summed E-state index contributed by atoms with van der Waals surface area (Å²) < 4.78 is 5.39. The number of hydrogen-bond donors (Lipinski definition) is 1. The maximum absolute atomic E-state index is 5.39. The van der Waals surface area contributed by atoms with Gasteiger partial charge >= 0.3 is 0 Å². The zero-order chi connectivity index (χ0) is 17.9. The zero-order valence-electron chi connectivity index (χ0n) is 15.7. The van der Waals surface area contributed by atoms with Crippen molar-refractivity contribution < 1.29 is 4.52 Å². The molecule has 2 aromatic rings. The first kappa shape index (κ1) is 17.9. The minimum atomic E-state index is 0.255. The topological polar surface area (TPSA) is 67.1 Å². The molecule has 6 heteroatoms. The number of hydrogen-bond acceptors (Lipinski definition) is 6. The van der Waals surface area contributed by atoms with E-state index in [2.05, 4.69) is 53.3 Å². The molecule has 0 unspecified atom stereocenters. The van der Waals surface area contributed by atoms with Gasteiger partial charge in [0.1, 0.15) is 5.82 Å². The molecule has 0 aromatic carbocycles. The summed E-state index contributed by atoms with van der Waals surface area (Å²) in [5, 5.41) is 7.59. The van der Waals surface area contributed by atoms with E-state index in [0.717, 1.165) is 30.3 Å². The molecule has 25 heavy (non-hydrogen) atoms. The van der Waals surface area contributed by atoms with Crippen molar-refractivity contribution in [2.75, 3.05) is 32.5 Å². The lowest BCUT2D eigenvalue weighted by Gasteiger charge is -2.32. The van der Waals surface area contributed by atoms with Crippen LogP contribution in [0, 0.1) is 5.41 Å². The maximum Gasteiger partial charge on any atom is 0.258 e. The first-order valence-electron chi connectivity index (χ1n) is 9.16. The van der Waals surface area contributed by atoms with Crippen molar-refractivity contribution in [3.8, 4) is 11.5 Å². The molecule has 0 radical (unpaired) electrons. The standard InChI is InChI=1S/C19H29N5O/c1-14(2)17-22-18(25-23-17)15-7-10-20-16(11-15)21-12-19(13-24(3)4)8-5-6-9-19/h7,10-11,14H,5-6,8-9,12-13H2,1-4H3,(H,20,21). The van der Waals surface area contributed by atoms with Gasteiger partial charge in [-0.1, -0.05) is 31.8 Å². The van der Waals surface area contributed by atoms with E-state index in [0.29, 0.717) is 11.3 Å². The summed E-state index contributed by atoms with van der Waals surface area (Å²) in [4.78, 5) is 11.2.